The lowest BCUT2D eigenvalue weighted by Gasteiger charge is -2.47. The zero-order valence-electron chi connectivity index (χ0n) is 25.9. The van der Waals surface area contributed by atoms with Gasteiger partial charge in [-0.25, -0.2) is 0 Å². The van der Waals surface area contributed by atoms with Gasteiger partial charge in [0.25, 0.3) is 0 Å². The van der Waals surface area contributed by atoms with Crippen LogP contribution in [-0.2, 0) is 17.6 Å². The number of aliphatic hydroxyl groups is 2. The lowest BCUT2D eigenvalue weighted by molar-refractivity contribution is -0.143. The predicted molar refractivity (Wildman–Crippen MR) is 167 cm³/mol. The monoisotopic (exact) mass is 581 g/mol. The van der Waals surface area contributed by atoms with Crippen molar-refractivity contribution in [2.45, 2.75) is 139 Å². The van der Waals surface area contributed by atoms with Gasteiger partial charge in [-0.05, 0) is 107 Å². The van der Waals surface area contributed by atoms with Crippen LogP contribution < -0.4 is 10.6 Å². The maximum Gasteiger partial charge on any atom is 0.306 e. The average Bonchev–Trinajstić information content (AvgIpc) is 2.95. The number of carbonyl (C=O) groups is 1. The second-order valence-corrected chi connectivity index (χ2v) is 14.5. The molecule has 5 rings (SSSR count). The first-order valence-electron chi connectivity index (χ1n) is 16.8. The number of carboxylic acid groups (broad SMARTS) is 1. The molecule has 5 N–H and O–H groups in total. The Morgan fingerprint density at radius 3 is 2.67 bits per heavy atom. The summed E-state index contributed by atoms with van der Waals surface area (Å²) in [6, 6.07) is 10.3. The largest absolute Gasteiger partial charge is 0.481 e. The van der Waals surface area contributed by atoms with Gasteiger partial charge in [0.15, 0.2) is 0 Å². The van der Waals surface area contributed by atoms with Gasteiger partial charge in [0, 0.05) is 24.2 Å². The number of benzene rings is 1. The number of hydrogen-bond donors (Lipinski definition) is 5. The summed E-state index contributed by atoms with van der Waals surface area (Å²) in [6.45, 7) is 5.62. The predicted octanol–water partition coefficient (Wildman–Crippen LogP) is 4.80. The van der Waals surface area contributed by atoms with Gasteiger partial charge in [-0.1, -0.05) is 56.0 Å². The summed E-state index contributed by atoms with van der Waals surface area (Å²) < 4.78 is 0. The number of nitrogens with one attached hydrogen (secondary N) is 2. The van der Waals surface area contributed by atoms with Crippen molar-refractivity contribution in [3.05, 3.63) is 47.7 Å². The van der Waals surface area contributed by atoms with Crippen LogP contribution in [0.5, 0.6) is 0 Å². The van der Waals surface area contributed by atoms with E-state index in [1.54, 1.807) is 0 Å². The summed E-state index contributed by atoms with van der Waals surface area (Å²) in [7, 11) is 0. The minimum atomic E-state index is -1.22. The van der Waals surface area contributed by atoms with Crippen molar-refractivity contribution in [2.75, 3.05) is 13.1 Å². The van der Waals surface area contributed by atoms with Gasteiger partial charge >= 0.3 is 5.97 Å². The van der Waals surface area contributed by atoms with Gasteiger partial charge in [-0.15, -0.1) is 0 Å². The van der Waals surface area contributed by atoms with E-state index in [-0.39, 0.29) is 24.1 Å². The van der Waals surface area contributed by atoms with Crippen molar-refractivity contribution < 1.29 is 20.1 Å². The highest BCUT2D eigenvalue weighted by Crippen LogP contribution is 2.38. The smallest absolute Gasteiger partial charge is 0.306 e. The summed E-state index contributed by atoms with van der Waals surface area (Å²) in [5.41, 5.74) is 1.46. The van der Waals surface area contributed by atoms with Crippen LogP contribution in [0.3, 0.4) is 0 Å². The Kier molecular flexibility index (Phi) is 10.3. The summed E-state index contributed by atoms with van der Waals surface area (Å²) in [5.74, 6) is 0.179. The highest BCUT2D eigenvalue weighted by molar-refractivity contribution is 5.68. The van der Waals surface area contributed by atoms with Gasteiger partial charge in [-0.3, -0.25) is 4.79 Å². The van der Waals surface area contributed by atoms with E-state index in [2.05, 4.69) is 65.9 Å². The first-order valence-corrected chi connectivity index (χ1v) is 16.8. The Hall–Kier alpha value is -1.93. The Morgan fingerprint density at radius 1 is 1.07 bits per heavy atom. The standard InChI is InChI=1S/C35H55N3O4/c1-25-32(39)12-11-31-21-29(13-17-38(25)31)28-10-5-3-4-6-14-35(42,23-33(40)41)24-37-34(2)15-16-36-30(22-34)20-27-9-7-8-26(18-27)19-28/h7-9,13,17-18,25,28-32,36-37,39,42H,3-6,10-12,14-16,19-24H2,1-2H3,(H,40,41)/t25-,28-,29+,30-,31-,32+,34+,35+/m0/s1. The maximum absolute atomic E-state index is 11.7. The SMILES string of the molecule is C[C@H]1[C@H](O)CC[C@H]2C[C@H]([C@H]3CCCCCC[C@@](O)(CC(=O)O)CN[C@]4(C)CCN[C@@H](Cc5cccc(c5)C3)C4)C=CN21. The number of rotatable bonds is 3. The molecule has 2 saturated heterocycles. The van der Waals surface area contributed by atoms with Crippen molar-refractivity contribution >= 4 is 5.97 Å². The molecule has 1 aromatic rings. The van der Waals surface area contributed by atoms with E-state index in [9.17, 15) is 20.1 Å². The molecule has 0 aliphatic carbocycles. The molecule has 2 fully saturated rings. The Balaban J connectivity index is 1.34. The fourth-order valence-corrected chi connectivity index (χ4v) is 8.36. The molecular formula is C35H55N3O4. The van der Waals surface area contributed by atoms with E-state index >= 15 is 0 Å². The van der Waals surface area contributed by atoms with Gasteiger partial charge in [0.1, 0.15) is 0 Å². The third-order valence-corrected chi connectivity index (χ3v) is 11.0. The number of β-amino-alcohol motifs (C(OH)–C–C–N with tert-alkyl or cyclic N) is 1. The van der Waals surface area contributed by atoms with Crippen LogP contribution in [0.15, 0.2) is 36.5 Å². The van der Waals surface area contributed by atoms with Crippen LogP contribution >= 0.6 is 0 Å². The van der Waals surface area contributed by atoms with Crippen molar-refractivity contribution in [3.63, 3.8) is 0 Å². The van der Waals surface area contributed by atoms with Gasteiger partial charge in [0.2, 0.25) is 0 Å². The van der Waals surface area contributed by atoms with Crippen molar-refractivity contribution in [3.8, 4) is 0 Å². The van der Waals surface area contributed by atoms with Crippen LogP contribution in [0, 0.1) is 11.8 Å². The number of carboxylic acids is 1. The minimum absolute atomic E-state index is 0.135. The van der Waals surface area contributed by atoms with Crippen LogP contribution in [0.4, 0.5) is 0 Å². The van der Waals surface area contributed by atoms with E-state index in [0.717, 1.165) is 77.2 Å². The normalized spacial score (nSPS) is 38.6. The first-order chi connectivity index (χ1) is 20.1. The molecule has 0 spiro atoms. The topological polar surface area (TPSA) is 105 Å². The molecule has 0 aromatic heterocycles. The Morgan fingerprint density at radius 2 is 1.86 bits per heavy atom. The van der Waals surface area contributed by atoms with Crippen molar-refractivity contribution in [2.24, 2.45) is 11.8 Å². The number of aliphatic hydroxyl groups excluding tert-OH is 1. The van der Waals surface area contributed by atoms with Gasteiger partial charge < -0.3 is 30.9 Å². The van der Waals surface area contributed by atoms with E-state index in [0.29, 0.717) is 36.9 Å². The highest BCUT2D eigenvalue weighted by Gasteiger charge is 2.38. The van der Waals surface area contributed by atoms with Crippen LogP contribution in [0.25, 0.3) is 0 Å². The molecule has 42 heavy (non-hydrogen) atoms. The van der Waals surface area contributed by atoms with Gasteiger partial charge in [-0.2, -0.15) is 0 Å². The molecule has 4 aliphatic heterocycles. The molecule has 7 nitrogen and oxygen atoms in total. The Bertz CT molecular complexity index is 1080. The molecule has 234 valence electrons. The molecule has 0 amide bonds. The second-order valence-electron chi connectivity index (χ2n) is 14.5. The third kappa shape index (κ3) is 8.16. The molecule has 0 unspecified atom stereocenters. The minimum Gasteiger partial charge on any atom is -0.481 e. The fraction of sp³-hybridized carbons (Fsp3) is 0.743. The fourth-order valence-electron chi connectivity index (χ4n) is 8.36. The molecule has 4 aliphatic rings. The Labute approximate surface area is 253 Å². The average molecular weight is 582 g/mol. The van der Waals surface area contributed by atoms with E-state index in [4.69, 9.17) is 0 Å². The van der Waals surface area contributed by atoms with E-state index in [1.807, 2.05) is 0 Å². The summed E-state index contributed by atoms with van der Waals surface area (Å²) in [4.78, 5) is 14.1. The number of fused-ring (bicyclic) bond motifs is 5. The summed E-state index contributed by atoms with van der Waals surface area (Å²) in [6.07, 6.45) is 17.2. The number of aliphatic carboxylic acids is 1. The molecule has 0 radical (unpaired) electrons. The molecule has 1 aromatic carbocycles. The van der Waals surface area contributed by atoms with Crippen molar-refractivity contribution in [1.82, 2.24) is 15.5 Å². The quantitative estimate of drug-likeness (QED) is 0.349. The van der Waals surface area contributed by atoms with E-state index < -0.39 is 11.6 Å². The second kappa shape index (κ2) is 13.8. The van der Waals surface area contributed by atoms with E-state index in [1.165, 1.54) is 17.5 Å². The third-order valence-electron chi connectivity index (χ3n) is 11.0. The zero-order valence-corrected chi connectivity index (χ0v) is 25.9. The first kappa shape index (κ1) is 31.5. The molecule has 8 atom stereocenters. The number of allylic oxidation sites excluding steroid dienone is 1. The van der Waals surface area contributed by atoms with Crippen LogP contribution in [-0.4, -0.2) is 74.6 Å². The molecular weight excluding hydrogens is 526 g/mol. The molecule has 4 heterocycles. The lowest BCUT2D eigenvalue weighted by atomic mass is 9.75. The van der Waals surface area contributed by atoms with Crippen LogP contribution in [0.2, 0.25) is 0 Å². The summed E-state index contributed by atoms with van der Waals surface area (Å²) in [5, 5.41) is 38.7. The number of hydrogen-bond acceptors (Lipinski definition) is 6. The molecule has 7 heteroatoms. The number of piperidine rings is 2. The maximum atomic E-state index is 11.7. The van der Waals surface area contributed by atoms with Crippen molar-refractivity contribution in [1.29, 1.82) is 0 Å². The number of nitrogens with zero attached hydrogens (tertiary/aromatic N) is 1. The lowest BCUT2D eigenvalue weighted by Crippen LogP contribution is -2.58. The molecule has 4 bridgehead atoms. The molecule has 0 saturated carbocycles. The van der Waals surface area contributed by atoms with Crippen LogP contribution in [0.1, 0.15) is 102 Å². The summed E-state index contributed by atoms with van der Waals surface area (Å²) >= 11 is 0. The highest BCUT2D eigenvalue weighted by atomic mass is 16.4. The van der Waals surface area contributed by atoms with Gasteiger partial charge in [0.05, 0.1) is 24.2 Å². The zero-order chi connectivity index (χ0) is 29.7.